The molecule has 0 saturated heterocycles. The van der Waals surface area contributed by atoms with E-state index in [0.717, 1.165) is 38.6 Å². The molecule has 0 unspecified atom stereocenters. The van der Waals surface area contributed by atoms with Gasteiger partial charge in [0.25, 0.3) is 0 Å². The van der Waals surface area contributed by atoms with E-state index in [1.807, 2.05) is 38.1 Å². The average molecular weight is 456 g/mol. The van der Waals surface area contributed by atoms with Crippen molar-refractivity contribution in [3.63, 3.8) is 0 Å². The fraction of sp³-hybridized carbons (Fsp3) is 0.121. The first-order valence-corrected chi connectivity index (χ1v) is 12.0. The standard InChI is InChI=1S/C33H27NO/c1-22(2)19-23-17-18-34-31(20-23)30-10-6-9-29-28-16-15-27(21-32(28)35-33(29)30)26-13-11-25(12-14-26)24-7-4-3-5-8-24/h3-18,20-22H,19H2,1-2H3/i19D2. The Morgan fingerprint density at radius 2 is 1.43 bits per heavy atom. The molecule has 0 bridgehead atoms. The molecule has 6 rings (SSSR count). The maximum absolute atomic E-state index is 8.51. The minimum atomic E-state index is -1.44. The van der Waals surface area contributed by atoms with Gasteiger partial charge < -0.3 is 4.42 Å². The second-order valence-electron chi connectivity index (χ2n) is 9.17. The highest BCUT2D eigenvalue weighted by molar-refractivity contribution is 6.10. The summed E-state index contributed by atoms with van der Waals surface area (Å²) in [7, 11) is 0. The van der Waals surface area contributed by atoms with Crippen LogP contribution in [0.2, 0.25) is 0 Å². The van der Waals surface area contributed by atoms with E-state index in [-0.39, 0.29) is 5.92 Å². The molecular weight excluding hydrogens is 426 g/mol. The van der Waals surface area contributed by atoms with Crippen LogP contribution >= 0.6 is 0 Å². The van der Waals surface area contributed by atoms with E-state index in [1.54, 1.807) is 12.3 Å². The maximum Gasteiger partial charge on any atom is 0.144 e. The van der Waals surface area contributed by atoms with Gasteiger partial charge in [0.05, 0.1) is 5.69 Å². The molecule has 0 saturated carbocycles. The zero-order valence-electron chi connectivity index (χ0n) is 21.8. The van der Waals surface area contributed by atoms with E-state index in [2.05, 4.69) is 77.8 Å². The highest BCUT2D eigenvalue weighted by atomic mass is 16.3. The van der Waals surface area contributed by atoms with Crippen molar-refractivity contribution < 1.29 is 7.16 Å². The molecule has 2 nitrogen and oxygen atoms in total. The Hall–Kier alpha value is -4.17. The van der Waals surface area contributed by atoms with Gasteiger partial charge in [-0.05, 0) is 70.4 Å². The number of hydrogen-bond acceptors (Lipinski definition) is 2. The van der Waals surface area contributed by atoms with Crippen molar-refractivity contribution in [3.8, 4) is 33.5 Å². The first-order chi connectivity index (χ1) is 17.9. The molecule has 0 atom stereocenters. The molecule has 0 amide bonds. The van der Waals surface area contributed by atoms with E-state index in [9.17, 15) is 0 Å². The van der Waals surface area contributed by atoms with Gasteiger partial charge in [-0.3, -0.25) is 4.98 Å². The van der Waals surface area contributed by atoms with Gasteiger partial charge in [0.15, 0.2) is 0 Å². The van der Waals surface area contributed by atoms with Gasteiger partial charge >= 0.3 is 0 Å². The molecule has 0 aliphatic carbocycles. The van der Waals surface area contributed by atoms with E-state index in [1.165, 1.54) is 11.1 Å². The topological polar surface area (TPSA) is 26.0 Å². The molecule has 170 valence electrons. The summed E-state index contributed by atoms with van der Waals surface area (Å²) in [6.45, 7) is 3.79. The lowest BCUT2D eigenvalue weighted by Crippen LogP contribution is -1.95. The van der Waals surface area contributed by atoms with E-state index in [0.29, 0.717) is 11.3 Å². The largest absolute Gasteiger partial charge is 0.455 e. The van der Waals surface area contributed by atoms with Crippen molar-refractivity contribution >= 4 is 21.9 Å². The van der Waals surface area contributed by atoms with E-state index >= 15 is 0 Å². The fourth-order valence-electron chi connectivity index (χ4n) is 4.67. The minimum Gasteiger partial charge on any atom is -0.455 e. The monoisotopic (exact) mass is 455 g/mol. The molecule has 0 N–H and O–H groups in total. The van der Waals surface area contributed by atoms with Crippen LogP contribution in [0.4, 0.5) is 0 Å². The summed E-state index contributed by atoms with van der Waals surface area (Å²) >= 11 is 0. The summed E-state index contributed by atoms with van der Waals surface area (Å²) in [5, 5.41) is 2.08. The van der Waals surface area contributed by atoms with Crippen LogP contribution in [-0.2, 0) is 6.37 Å². The molecule has 0 aliphatic heterocycles. The second-order valence-corrected chi connectivity index (χ2v) is 9.17. The van der Waals surface area contributed by atoms with Crippen LogP contribution in [0, 0.1) is 5.92 Å². The molecule has 2 heterocycles. The molecule has 0 fully saturated rings. The number of pyridine rings is 1. The normalized spacial score (nSPS) is 12.8. The van der Waals surface area contributed by atoms with Gasteiger partial charge in [-0.15, -0.1) is 0 Å². The van der Waals surface area contributed by atoms with Crippen molar-refractivity contribution in [2.75, 3.05) is 0 Å². The predicted octanol–water partition coefficient (Wildman–Crippen LogP) is 9.18. The third kappa shape index (κ3) is 4.13. The quantitative estimate of drug-likeness (QED) is 0.259. The second kappa shape index (κ2) is 8.88. The third-order valence-corrected chi connectivity index (χ3v) is 6.32. The van der Waals surface area contributed by atoms with Crippen LogP contribution in [-0.4, -0.2) is 4.98 Å². The van der Waals surface area contributed by atoms with Gasteiger partial charge in [0.2, 0.25) is 0 Å². The van der Waals surface area contributed by atoms with Crippen LogP contribution in [0.5, 0.6) is 0 Å². The van der Waals surface area contributed by atoms with Gasteiger partial charge in [-0.25, -0.2) is 0 Å². The Morgan fingerprint density at radius 3 is 2.20 bits per heavy atom. The Kier molecular flexibility index (Phi) is 4.87. The van der Waals surface area contributed by atoms with Crippen LogP contribution in [0.25, 0.3) is 55.4 Å². The van der Waals surface area contributed by atoms with Crippen molar-refractivity contribution in [2.24, 2.45) is 5.92 Å². The summed E-state index contributed by atoms with van der Waals surface area (Å²) in [5.41, 5.74) is 8.41. The molecule has 35 heavy (non-hydrogen) atoms. The lowest BCUT2D eigenvalue weighted by Gasteiger charge is -2.07. The predicted molar refractivity (Wildman–Crippen MR) is 146 cm³/mol. The summed E-state index contributed by atoms with van der Waals surface area (Å²) < 4.78 is 23.5. The number of aromatic nitrogens is 1. The van der Waals surface area contributed by atoms with Crippen LogP contribution < -0.4 is 0 Å². The Balaban J connectivity index is 1.41. The third-order valence-electron chi connectivity index (χ3n) is 6.32. The van der Waals surface area contributed by atoms with E-state index < -0.39 is 6.37 Å². The first kappa shape index (κ1) is 19.2. The van der Waals surface area contributed by atoms with Crippen LogP contribution in [0.15, 0.2) is 114 Å². The van der Waals surface area contributed by atoms with Gasteiger partial charge in [0, 0.05) is 25.3 Å². The van der Waals surface area contributed by atoms with Crippen molar-refractivity contribution in [1.29, 1.82) is 0 Å². The lowest BCUT2D eigenvalue weighted by molar-refractivity contribution is 0.647. The van der Waals surface area contributed by atoms with Crippen molar-refractivity contribution in [2.45, 2.75) is 20.2 Å². The number of furan rings is 1. The van der Waals surface area contributed by atoms with Crippen molar-refractivity contribution in [1.82, 2.24) is 4.98 Å². The Morgan fingerprint density at radius 1 is 0.714 bits per heavy atom. The van der Waals surface area contributed by atoms with Gasteiger partial charge in [-0.1, -0.05) is 86.6 Å². The average Bonchev–Trinajstić information content (AvgIpc) is 3.32. The van der Waals surface area contributed by atoms with Crippen LogP contribution in [0.3, 0.4) is 0 Å². The molecule has 2 heteroatoms. The first-order valence-electron chi connectivity index (χ1n) is 13.0. The number of hydrogen-bond donors (Lipinski definition) is 0. The molecular formula is C33H27NO. The number of benzene rings is 4. The molecule has 0 spiro atoms. The number of para-hydroxylation sites is 1. The van der Waals surface area contributed by atoms with Crippen molar-refractivity contribution in [3.05, 3.63) is 115 Å². The number of fused-ring (bicyclic) bond motifs is 3. The van der Waals surface area contributed by atoms with Gasteiger partial charge in [-0.2, -0.15) is 0 Å². The fourth-order valence-corrected chi connectivity index (χ4v) is 4.67. The summed E-state index contributed by atoms with van der Waals surface area (Å²) in [6.07, 6.45) is 0.244. The smallest absolute Gasteiger partial charge is 0.144 e. The summed E-state index contributed by atoms with van der Waals surface area (Å²) in [6, 6.07) is 35.0. The molecule has 4 aromatic carbocycles. The molecule has 6 aromatic rings. The highest BCUT2D eigenvalue weighted by Gasteiger charge is 2.14. The molecule has 2 aromatic heterocycles. The summed E-state index contributed by atoms with van der Waals surface area (Å²) in [5.74, 6) is -0.148. The number of rotatable bonds is 5. The van der Waals surface area contributed by atoms with Crippen LogP contribution in [0.1, 0.15) is 22.2 Å². The minimum absolute atomic E-state index is 0.148. The Bertz CT molecular complexity index is 1720. The Labute approximate surface area is 208 Å². The lowest BCUT2D eigenvalue weighted by atomic mass is 9.99. The number of nitrogens with zero attached hydrogens (tertiary/aromatic N) is 1. The zero-order chi connectivity index (χ0) is 25.6. The zero-order valence-corrected chi connectivity index (χ0v) is 19.8. The highest BCUT2D eigenvalue weighted by Crippen LogP contribution is 2.37. The molecule has 0 radical (unpaired) electrons. The SMILES string of the molecule is [2H]C([2H])(c1ccnc(-c2cccc3c2oc2cc(-c4ccc(-c5ccccc5)cc4)ccc23)c1)C(C)C. The molecule has 0 aliphatic rings. The van der Waals surface area contributed by atoms with Gasteiger partial charge in [0.1, 0.15) is 11.2 Å². The maximum atomic E-state index is 8.51. The van der Waals surface area contributed by atoms with E-state index in [4.69, 9.17) is 7.16 Å². The summed E-state index contributed by atoms with van der Waals surface area (Å²) in [4.78, 5) is 4.57.